The molecule has 4 aromatic carbocycles. The molecular weight excluding hydrogens is 801 g/mol. The number of furan rings is 1. The van der Waals surface area contributed by atoms with Crippen LogP contribution in [0.25, 0.3) is 55.6 Å². The Balaban J connectivity index is 0.000000267. The van der Waals surface area contributed by atoms with Gasteiger partial charge < -0.3 is 14.4 Å². The summed E-state index contributed by atoms with van der Waals surface area (Å²) in [5, 5.41) is 1.81. The van der Waals surface area contributed by atoms with E-state index in [0.717, 1.165) is 10.8 Å². The van der Waals surface area contributed by atoms with Crippen LogP contribution in [0, 0.1) is 38.1 Å². The molecule has 0 aliphatic heterocycles. The van der Waals surface area contributed by atoms with E-state index in [0.29, 0.717) is 57.6 Å². The van der Waals surface area contributed by atoms with Gasteiger partial charge in [-0.3, -0.25) is 0 Å². The van der Waals surface area contributed by atoms with E-state index < -0.39 is 38.2 Å². The van der Waals surface area contributed by atoms with E-state index in [1.807, 2.05) is 65.0 Å². The number of hydrogen-bond acceptors (Lipinski definition) is 3. The summed E-state index contributed by atoms with van der Waals surface area (Å²) in [6, 6.07) is 32.1. The predicted octanol–water partition coefficient (Wildman–Crippen LogP) is 13.1. The molecule has 0 saturated carbocycles. The standard InChI is InChI=1S/C30H28NO.C17H20N.Ir/c1-5-21(6-2)22-14-15-23(19(3)16-22)27-17-28(31-18-20(27)4)26-12-9-11-25-24-10-7-8-13-29(24)32-30(25)26;1-13-5-8-15(9-6-13)16-10-7-14(12-18-16)11-17(2,3)4;/h7-11,13-18,21H,5-6H2,1-4H3;5-8,10,12H,11H2,1-4H3;/q2*-1;/i3D3,4D3,21D;1D3,11D2;. The first-order valence-electron chi connectivity index (χ1n) is 22.8. The summed E-state index contributed by atoms with van der Waals surface area (Å²) in [4.78, 5) is 8.78. The number of benzene rings is 4. The van der Waals surface area contributed by atoms with E-state index in [9.17, 15) is 0 Å². The largest absolute Gasteiger partial charge is 0.501 e. The number of rotatable bonds is 7. The molecule has 0 amide bonds. The van der Waals surface area contributed by atoms with Crippen molar-refractivity contribution in [3.05, 3.63) is 143 Å². The van der Waals surface area contributed by atoms with Crippen LogP contribution in [0.4, 0.5) is 0 Å². The average molecular weight is 861 g/mol. The molecule has 51 heavy (non-hydrogen) atoms. The van der Waals surface area contributed by atoms with Gasteiger partial charge in [-0.2, -0.15) is 0 Å². The molecule has 263 valence electrons. The summed E-state index contributed by atoms with van der Waals surface area (Å²) in [7, 11) is 0. The van der Waals surface area contributed by atoms with Gasteiger partial charge in [0.05, 0.1) is 5.58 Å². The summed E-state index contributed by atoms with van der Waals surface area (Å²) in [5.74, 6) is -0.944. The van der Waals surface area contributed by atoms with Crippen LogP contribution in [0.3, 0.4) is 0 Å². The van der Waals surface area contributed by atoms with Gasteiger partial charge in [-0.1, -0.05) is 107 Å². The molecule has 7 aromatic rings. The van der Waals surface area contributed by atoms with Crippen molar-refractivity contribution in [3.8, 4) is 33.6 Å². The van der Waals surface area contributed by atoms with Crippen molar-refractivity contribution < 1.29 is 41.0 Å². The molecule has 0 N–H and O–H groups in total. The Labute approximate surface area is 334 Å². The fraction of sp³-hybridized carbons (Fsp3) is 0.277. The van der Waals surface area contributed by atoms with Gasteiger partial charge in [0.1, 0.15) is 5.58 Å². The van der Waals surface area contributed by atoms with E-state index in [-0.39, 0.29) is 47.9 Å². The molecule has 3 aromatic heterocycles. The maximum Gasteiger partial charge on any atom is 0.120 e. The van der Waals surface area contributed by atoms with Crippen LogP contribution in [0.15, 0.2) is 108 Å². The molecule has 0 fully saturated rings. The second-order valence-corrected chi connectivity index (χ2v) is 13.2. The molecule has 0 aliphatic carbocycles. The van der Waals surface area contributed by atoms with E-state index in [2.05, 4.69) is 22.1 Å². The molecule has 3 heterocycles. The van der Waals surface area contributed by atoms with Gasteiger partial charge in [-0.15, -0.1) is 53.6 Å². The second-order valence-electron chi connectivity index (χ2n) is 13.2. The van der Waals surface area contributed by atoms with Gasteiger partial charge in [0.15, 0.2) is 0 Å². The Morgan fingerprint density at radius 1 is 0.804 bits per heavy atom. The molecule has 7 rings (SSSR count). The molecule has 0 aliphatic rings. The maximum atomic E-state index is 8.85. The third kappa shape index (κ3) is 8.75. The van der Waals surface area contributed by atoms with Crippen molar-refractivity contribution in [1.82, 2.24) is 9.97 Å². The van der Waals surface area contributed by atoms with Crippen molar-refractivity contribution in [1.29, 1.82) is 0 Å². The van der Waals surface area contributed by atoms with Crippen LogP contribution in [0.2, 0.25) is 0 Å². The molecule has 0 saturated heterocycles. The number of aromatic nitrogens is 2. The first-order valence-corrected chi connectivity index (χ1v) is 16.8. The van der Waals surface area contributed by atoms with Crippen LogP contribution < -0.4 is 0 Å². The van der Waals surface area contributed by atoms with Crippen molar-refractivity contribution in [2.75, 3.05) is 0 Å². The molecular formula is C47H48IrN2O-2. The third-order valence-corrected chi connectivity index (χ3v) is 8.44. The molecule has 0 bridgehead atoms. The monoisotopic (exact) mass is 861 g/mol. The quantitative estimate of drug-likeness (QED) is 0.150. The topological polar surface area (TPSA) is 38.9 Å². The number of aryl methyl sites for hydroxylation is 3. The summed E-state index contributed by atoms with van der Waals surface area (Å²) >= 11 is 0. The molecule has 0 atom stereocenters. The Bertz CT molecular complexity index is 2690. The van der Waals surface area contributed by atoms with Gasteiger partial charge in [0.2, 0.25) is 0 Å². The number of fused-ring (bicyclic) bond motifs is 3. The first kappa shape index (κ1) is 24.8. The molecule has 4 heteroatoms. The van der Waals surface area contributed by atoms with E-state index in [1.165, 1.54) is 24.5 Å². The van der Waals surface area contributed by atoms with Crippen LogP contribution in [-0.2, 0) is 26.5 Å². The van der Waals surface area contributed by atoms with Crippen LogP contribution >= 0.6 is 0 Å². The summed E-state index contributed by atoms with van der Waals surface area (Å²) in [6.45, 7) is 2.13. The Morgan fingerprint density at radius 3 is 2.29 bits per heavy atom. The number of para-hydroxylation sites is 1. The maximum absolute atomic E-state index is 8.85. The first-order chi connectivity index (χ1) is 28.8. The van der Waals surface area contributed by atoms with Gasteiger partial charge >= 0.3 is 0 Å². The van der Waals surface area contributed by atoms with Crippen LogP contribution in [0.1, 0.15) is 97.6 Å². The Hall–Kier alpha value is -4.37. The summed E-state index contributed by atoms with van der Waals surface area (Å²) < 4.78 is 103. The van der Waals surface area contributed by atoms with Gasteiger partial charge in [-0.05, 0) is 95.1 Å². The Kier molecular flexibility index (Phi) is 7.92. The minimum atomic E-state index is -2.54. The molecule has 0 spiro atoms. The van der Waals surface area contributed by atoms with E-state index in [1.54, 1.807) is 48.5 Å². The summed E-state index contributed by atoms with van der Waals surface area (Å²) in [6.07, 6.45) is 2.36. The Morgan fingerprint density at radius 2 is 1.61 bits per heavy atom. The fourth-order valence-corrected chi connectivity index (χ4v) is 6.00. The van der Waals surface area contributed by atoms with Crippen molar-refractivity contribution >= 4 is 21.9 Å². The molecule has 3 nitrogen and oxygen atoms in total. The molecule has 0 unspecified atom stereocenters. The smallest absolute Gasteiger partial charge is 0.120 e. The second kappa shape index (κ2) is 16.3. The summed E-state index contributed by atoms with van der Waals surface area (Å²) in [5.41, 5.74) is 4.85. The normalized spacial score (nSPS) is 16.1. The molecule has 1 radical (unpaired) electrons. The van der Waals surface area contributed by atoms with Gasteiger partial charge in [0.25, 0.3) is 0 Å². The van der Waals surface area contributed by atoms with Crippen molar-refractivity contribution in [2.45, 2.75) is 80.3 Å². The van der Waals surface area contributed by atoms with Crippen LogP contribution in [0.5, 0.6) is 0 Å². The third-order valence-electron chi connectivity index (χ3n) is 8.44. The van der Waals surface area contributed by atoms with E-state index >= 15 is 0 Å². The minimum Gasteiger partial charge on any atom is -0.501 e. The predicted molar refractivity (Wildman–Crippen MR) is 210 cm³/mol. The number of nitrogens with zero attached hydrogens (tertiary/aromatic N) is 2. The van der Waals surface area contributed by atoms with Crippen molar-refractivity contribution in [2.24, 2.45) is 5.41 Å². The number of hydrogen-bond donors (Lipinski definition) is 0. The minimum absolute atomic E-state index is 0. The van der Waals surface area contributed by atoms with Crippen LogP contribution in [-0.4, -0.2) is 9.97 Å². The fourth-order valence-electron chi connectivity index (χ4n) is 6.00. The van der Waals surface area contributed by atoms with Crippen molar-refractivity contribution in [3.63, 3.8) is 0 Å². The average Bonchev–Trinajstić information content (AvgIpc) is 3.61. The zero-order valence-corrected chi connectivity index (χ0v) is 31.8. The number of pyridine rings is 2. The zero-order chi connectivity index (χ0) is 45.6. The zero-order valence-electron chi connectivity index (χ0n) is 41.4. The van der Waals surface area contributed by atoms with E-state index in [4.69, 9.17) is 20.9 Å². The SMILES string of the molecule is [2H]C([2H])([2H])c1c[c-]c(-c2ccc(C([2H])([2H])C(C)(C)C)cn2)cc1.[2H]C([2H])([2H])c1cnc(-c2[c-]ccc3c2oc2ccccc23)cc1-c1ccc(C([2H])(CC)CC)cc1C([2H])([2H])[2H].[Ir]. The van der Waals surface area contributed by atoms with Gasteiger partial charge in [0, 0.05) is 54.3 Å². The van der Waals surface area contributed by atoms with Gasteiger partial charge in [-0.25, -0.2) is 0 Å².